The first-order valence-corrected chi connectivity index (χ1v) is 5.95. The van der Waals surface area contributed by atoms with Crippen molar-refractivity contribution < 1.29 is 8.42 Å². The van der Waals surface area contributed by atoms with E-state index < -0.39 is 10.0 Å². The van der Waals surface area contributed by atoms with E-state index >= 15 is 0 Å². The average molecular weight is 194 g/mol. The van der Waals surface area contributed by atoms with Crippen molar-refractivity contribution in [1.82, 2.24) is 10.0 Å². The molecule has 5 heteroatoms. The van der Waals surface area contributed by atoms with E-state index in [4.69, 9.17) is 0 Å². The number of sulfonamides is 1. The molecule has 0 atom stereocenters. The molecule has 0 amide bonds. The Balaban J connectivity index is 3.58. The Labute approximate surface area is 74.8 Å². The summed E-state index contributed by atoms with van der Waals surface area (Å²) < 4.78 is 24.7. The van der Waals surface area contributed by atoms with Gasteiger partial charge in [0.2, 0.25) is 10.0 Å². The van der Waals surface area contributed by atoms with Gasteiger partial charge in [0.05, 0.1) is 5.75 Å². The zero-order chi connectivity index (χ0) is 9.45. The van der Waals surface area contributed by atoms with Gasteiger partial charge in [0.1, 0.15) is 0 Å². The minimum absolute atomic E-state index is 0.167. The fourth-order valence-corrected chi connectivity index (χ4v) is 1.79. The van der Waals surface area contributed by atoms with Crippen LogP contribution in [0.5, 0.6) is 0 Å². The van der Waals surface area contributed by atoms with E-state index in [2.05, 4.69) is 10.0 Å². The van der Waals surface area contributed by atoms with E-state index in [9.17, 15) is 8.42 Å². The van der Waals surface area contributed by atoms with Crippen molar-refractivity contribution in [3.8, 4) is 0 Å². The Kier molecular flexibility index (Phi) is 6.32. The maximum Gasteiger partial charge on any atom is 0.212 e. The molecule has 4 nitrogen and oxygen atoms in total. The molecule has 0 saturated heterocycles. The summed E-state index contributed by atoms with van der Waals surface area (Å²) in [5.41, 5.74) is 0. The predicted octanol–water partition coefficient (Wildman–Crippen LogP) is -0.0747. The van der Waals surface area contributed by atoms with Gasteiger partial charge in [0.15, 0.2) is 0 Å². The first kappa shape index (κ1) is 11.9. The number of nitrogens with one attached hydrogen (secondary N) is 2. The molecule has 0 unspecified atom stereocenters. The van der Waals surface area contributed by atoms with Crippen molar-refractivity contribution in [3.05, 3.63) is 0 Å². The van der Waals surface area contributed by atoms with E-state index in [0.717, 1.165) is 13.0 Å². The molecule has 0 aliphatic rings. The Hall–Kier alpha value is -0.130. The molecule has 0 rings (SSSR count). The van der Waals surface area contributed by atoms with Crippen LogP contribution in [0.4, 0.5) is 0 Å². The molecular formula is C7H18N2O2S. The third kappa shape index (κ3) is 6.57. The highest BCUT2D eigenvalue weighted by atomic mass is 32.2. The number of hydrogen-bond acceptors (Lipinski definition) is 3. The summed E-state index contributed by atoms with van der Waals surface area (Å²) >= 11 is 0. The minimum Gasteiger partial charge on any atom is -0.316 e. The Morgan fingerprint density at radius 3 is 2.33 bits per heavy atom. The molecule has 0 aromatic heterocycles. The second kappa shape index (κ2) is 6.39. The largest absolute Gasteiger partial charge is 0.316 e. The Bertz CT molecular complexity index is 190. The SMILES string of the molecule is CCCNS(=O)(=O)CCNCC. The quantitative estimate of drug-likeness (QED) is 0.558. The number of hydrogen-bond donors (Lipinski definition) is 2. The maximum atomic E-state index is 11.1. The van der Waals surface area contributed by atoms with Crippen LogP contribution in [-0.2, 0) is 10.0 Å². The molecule has 0 radical (unpaired) electrons. The van der Waals surface area contributed by atoms with Gasteiger partial charge in [-0.15, -0.1) is 0 Å². The van der Waals surface area contributed by atoms with Gasteiger partial charge in [-0.3, -0.25) is 0 Å². The van der Waals surface area contributed by atoms with Gasteiger partial charge in [0, 0.05) is 13.1 Å². The third-order valence-electron chi connectivity index (χ3n) is 1.37. The van der Waals surface area contributed by atoms with Gasteiger partial charge in [0.25, 0.3) is 0 Å². The van der Waals surface area contributed by atoms with Crippen LogP contribution < -0.4 is 10.0 Å². The summed E-state index contributed by atoms with van der Waals surface area (Å²) in [6.07, 6.45) is 0.834. The lowest BCUT2D eigenvalue weighted by molar-refractivity contribution is 0.577. The van der Waals surface area contributed by atoms with Gasteiger partial charge >= 0.3 is 0 Å². The Morgan fingerprint density at radius 2 is 1.83 bits per heavy atom. The zero-order valence-electron chi connectivity index (χ0n) is 7.76. The molecule has 12 heavy (non-hydrogen) atoms. The van der Waals surface area contributed by atoms with Crippen LogP contribution in [0.2, 0.25) is 0 Å². The summed E-state index contributed by atoms with van der Waals surface area (Å²) in [6, 6.07) is 0. The van der Waals surface area contributed by atoms with Gasteiger partial charge in [-0.25, -0.2) is 13.1 Å². The monoisotopic (exact) mass is 194 g/mol. The smallest absolute Gasteiger partial charge is 0.212 e. The van der Waals surface area contributed by atoms with E-state index in [1.807, 2.05) is 13.8 Å². The second-order valence-electron chi connectivity index (χ2n) is 2.57. The second-order valence-corrected chi connectivity index (χ2v) is 4.49. The normalized spacial score (nSPS) is 11.8. The number of rotatable bonds is 7. The van der Waals surface area contributed by atoms with Crippen LogP contribution in [0.25, 0.3) is 0 Å². The molecule has 0 aliphatic heterocycles. The average Bonchev–Trinajstić information content (AvgIpc) is 2.01. The first-order valence-electron chi connectivity index (χ1n) is 4.30. The molecule has 0 aromatic carbocycles. The van der Waals surface area contributed by atoms with Crippen molar-refractivity contribution in [2.24, 2.45) is 0 Å². The highest BCUT2D eigenvalue weighted by molar-refractivity contribution is 7.89. The van der Waals surface area contributed by atoms with Crippen LogP contribution in [0.15, 0.2) is 0 Å². The first-order chi connectivity index (χ1) is 5.62. The van der Waals surface area contributed by atoms with Crippen molar-refractivity contribution in [3.63, 3.8) is 0 Å². The van der Waals surface area contributed by atoms with Crippen molar-refractivity contribution in [1.29, 1.82) is 0 Å². The summed E-state index contributed by atoms with van der Waals surface area (Å²) in [4.78, 5) is 0. The summed E-state index contributed by atoms with van der Waals surface area (Å²) in [5, 5.41) is 2.96. The predicted molar refractivity (Wildman–Crippen MR) is 50.6 cm³/mol. The van der Waals surface area contributed by atoms with Crippen molar-refractivity contribution >= 4 is 10.0 Å². The van der Waals surface area contributed by atoms with Gasteiger partial charge < -0.3 is 5.32 Å². The lowest BCUT2D eigenvalue weighted by Gasteiger charge is -2.04. The highest BCUT2D eigenvalue weighted by Gasteiger charge is 2.06. The van der Waals surface area contributed by atoms with Gasteiger partial charge in [-0.1, -0.05) is 13.8 Å². The van der Waals surface area contributed by atoms with E-state index in [-0.39, 0.29) is 5.75 Å². The maximum absolute atomic E-state index is 11.1. The van der Waals surface area contributed by atoms with Gasteiger partial charge in [-0.05, 0) is 13.0 Å². The van der Waals surface area contributed by atoms with Crippen LogP contribution in [0.3, 0.4) is 0 Å². The topological polar surface area (TPSA) is 58.2 Å². The molecular weight excluding hydrogens is 176 g/mol. The third-order valence-corrected chi connectivity index (χ3v) is 2.76. The standard InChI is InChI=1S/C7H18N2O2S/c1-3-5-9-12(10,11)7-6-8-4-2/h8-9H,3-7H2,1-2H3. The van der Waals surface area contributed by atoms with Crippen LogP contribution in [-0.4, -0.2) is 33.8 Å². The molecule has 2 N–H and O–H groups in total. The van der Waals surface area contributed by atoms with Crippen molar-refractivity contribution in [2.45, 2.75) is 20.3 Å². The molecule has 0 aliphatic carbocycles. The molecule has 0 fully saturated rings. The molecule has 0 spiro atoms. The lowest BCUT2D eigenvalue weighted by Crippen LogP contribution is -2.32. The fraction of sp³-hybridized carbons (Fsp3) is 1.00. The molecule has 0 saturated carbocycles. The molecule has 0 bridgehead atoms. The van der Waals surface area contributed by atoms with E-state index in [0.29, 0.717) is 13.1 Å². The molecule has 74 valence electrons. The lowest BCUT2D eigenvalue weighted by atomic mass is 10.5. The van der Waals surface area contributed by atoms with E-state index in [1.54, 1.807) is 0 Å². The molecule has 0 aromatic rings. The van der Waals surface area contributed by atoms with Crippen LogP contribution >= 0.6 is 0 Å². The van der Waals surface area contributed by atoms with Crippen molar-refractivity contribution in [2.75, 3.05) is 25.4 Å². The zero-order valence-corrected chi connectivity index (χ0v) is 8.58. The summed E-state index contributed by atoms with van der Waals surface area (Å²) in [5.74, 6) is 0.167. The van der Waals surface area contributed by atoms with E-state index in [1.165, 1.54) is 0 Å². The molecule has 0 heterocycles. The van der Waals surface area contributed by atoms with Gasteiger partial charge in [-0.2, -0.15) is 0 Å². The Morgan fingerprint density at radius 1 is 1.17 bits per heavy atom. The van der Waals surface area contributed by atoms with Crippen LogP contribution in [0, 0.1) is 0 Å². The highest BCUT2D eigenvalue weighted by Crippen LogP contribution is 1.83. The summed E-state index contributed by atoms with van der Waals surface area (Å²) in [7, 11) is -3.03. The summed E-state index contributed by atoms with van der Waals surface area (Å²) in [6.45, 7) is 5.76. The van der Waals surface area contributed by atoms with Crippen LogP contribution in [0.1, 0.15) is 20.3 Å². The minimum atomic E-state index is -3.03. The fourth-order valence-electron chi connectivity index (χ4n) is 0.713.